The van der Waals surface area contributed by atoms with Crippen LogP contribution in [0.25, 0.3) is 0 Å². The van der Waals surface area contributed by atoms with E-state index in [4.69, 9.17) is 5.73 Å². The molecule has 3 N–H and O–H groups in total. The van der Waals surface area contributed by atoms with Crippen LogP contribution >= 0.6 is 12.6 Å². The van der Waals surface area contributed by atoms with Gasteiger partial charge in [0.15, 0.2) is 0 Å². The summed E-state index contributed by atoms with van der Waals surface area (Å²) in [6, 6.07) is -0.279. The lowest BCUT2D eigenvalue weighted by Gasteiger charge is -2.09. The summed E-state index contributed by atoms with van der Waals surface area (Å²) < 4.78 is 0. The first kappa shape index (κ1) is 8.78. The first-order chi connectivity index (χ1) is 4.22. The molecule has 0 radical (unpaired) electrons. The summed E-state index contributed by atoms with van der Waals surface area (Å²) in [5.74, 6) is 0.121. The van der Waals surface area contributed by atoms with Crippen molar-refractivity contribution in [2.45, 2.75) is 13.0 Å². The third kappa shape index (κ3) is 3.37. The first-order valence-electron chi connectivity index (χ1n) is 2.86. The molecule has 4 heteroatoms. The van der Waals surface area contributed by atoms with Crippen LogP contribution in [0.3, 0.4) is 0 Å². The summed E-state index contributed by atoms with van der Waals surface area (Å²) in [7, 11) is 0. The Bertz CT molecular complexity index is 97.0. The molecular weight excluding hydrogens is 136 g/mol. The number of amides is 1. The minimum atomic E-state index is -0.341. The molecule has 54 valence electrons. The predicted molar refractivity (Wildman–Crippen MR) is 40.5 cm³/mol. The van der Waals surface area contributed by atoms with E-state index >= 15 is 0 Å². The van der Waals surface area contributed by atoms with Gasteiger partial charge in [0.2, 0.25) is 5.91 Å². The van der Waals surface area contributed by atoms with Gasteiger partial charge in [0.1, 0.15) is 0 Å². The highest BCUT2D eigenvalue weighted by molar-refractivity contribution is 7.80. The van der Waals surface area contributed by atoms with Crippen LogP contribution in [-0.4, -0.2) is 24.2 Å². The van der Waals surface area contributed by atoms with Gasteiger partial charge in [0, 0.05) is 5.75 Å². The molecule has 0 rings (SSSR count). The van der Waals surface area contributed by atoms with Crippen LogP contribution in [0.2, 0.25) is 0 Å². The van der Waals surface area contributed by atoms with Crippen molar-refractivity contribution in [1.82, 2.24) is 5.32 Å². The number of carbonyl (C=O) groups is 1. The van der Waals surface area contributed by atoms with Crippen molar-refractivity contribution in [3.05, 3.63) is 0 Å². The van der Waals surface area contributed by atoms with Crippen molar-refractivity contribution >= 4 is 18.5 Å². The number of primary amides is 1. The third-order valence-corrected chi connectivity index (χ3v) is 1.34. The molecule has 0 unspecified atom stereocenters. The lowest BCUT2D eigenvalue weighted by molar-refractivity contribution is -0.119. The van der Waals surface area contributed by atoms with Crippen molar-refractivity contribution in [3.63, 3.8) is 0 Å². The minimum Gasteiger partial charge on any atom is -0.368 e. The maximum Gasteiger partial charge on any atom is 0.235 e. The van der Waals surface area contributed by atoms with Gasteiger partial charge < -0.3 is 11.1 Å². The van der Waals surface area contributed by atoms with E-state index in [0.29, 0.717) is 5.75 Å². The fraction of sp³-hybridized carbons (Fsp3) is 0.800. The molecule has 0 bridgehead atoms. The Kier molecular flexibility index (Phi) is 4.53. The first-order valence-corrected chi connectivity index (χ1v) is 3.49. The second kappa shape index (κ2) is 4.64. The molecule has 1 atom stereocenters. The number of thiol groups is 1. The highest BCUT2D eigenvalue weighted by Gasteiger charge is 2.09. The topological polar surface area (TPSA) is 55.1 Å². The van der Waals surface area contributed by atoms with Gasteiger partial charge in [0.25, 0.3) is 0 Å². The van der Waals surface area contributed by atoms with E-state index < -0.39 is 0 Å². The summed E-state index contributed by atoms with van der Waals surface area (Å²) in [6.07, 6.45) is 0. The third-order valence-electron chi connectivity index (χ3n) is 0.977. The van der Waals surface area contributed by atoms with E-state index in [9.17, 15) is 4.79 Å². The molecule has 0 saturated carbocycles. The largest absolute Gasteiger partial charge is 0.368 e. The second-order valence-electron chi connectivity index (χ2n) is 1.70. The maximum atomic E-state index is 10.4. The van der Waals surface area contributed by atoms with E-state index in [2.05, 4.69) is 17.9 Å². The van der Waals surface area contributed by atoms with Crippen LogP contribution in [0, 0.1) is 0 Å². The number of hydrogen-bond donors (Lipinski definition) is 3. The van der Waals surface area contributed by atoms with Gasteiger partial charge in [-0.2, -0.15) is 12.6 Å². The van der Waals surface area contributed by atoms with Gasteiger partial charge in [-0.05, 0) is 6.54 Å². The number of rotatable bonds is 4. The molecule has 0 aromatic heterocycles. The number of hydrogen-bond acceptors (Lipinski definition) is 3. The Morgan fingerprint density at radius 1 is 1.89 bits per heavy atom. The summed E-state index contributed by atoms with van der Waals surface area (Å²) in [4.78, 5) is 10.4. The number of likely N-dealkylation sites (N-methyl/N-ethyl adjacent to an activating group) is 1. The molecule has 0 saturated heterocycles. The predicted octanol–water partition coefficient (Wildman–Crippen LogP) is -0.620. The fourth-order valence-corrected chi connectivity index (χ4v) is 0.811. The van der Waals surface area contributed by atoms with Crippen molar-refractivity contribution in [1.29, 1.82) is 0 Å². The van der Waals surface area contributed by atoms with Crippen molar-refractivity contribution in [2.24, 2.45) is 5.73 Å². The number of nitrogens with two attached hydrogens (primary N) is 1. The van der Waals surface area contributed by atoms with Crippen molar-refractivity contribution in [3.8, 4) is 0 Å². The molecular formula is C5H12N2OS. The monoisotopic (exact) mass is 148 g/mol. The number of nitrogens with one attached hydrogen (secondary N) is 1. The van der Waals surface area contributed by atoms with E-state index in [1.165, 1.54) is 0 Å². The van der Waals surface area contributed by atoms with E-state index in [1.807, 2.05) is 6.92 Å². The SMILES string of the molecule is CCN[C@@H](CS)C(N)=O. The van der Waals surface area contributed by atoms with Crippen LogP contribution in [0.4, 0.5) is 0 Å². The molecule has 1 amide bonds. The summed E-state index contributed by atoms with van der Waals surface area (Å²) in [6.45, 7) is 2.66. The van der Waals surface area contributed by atoms with Crippen LogP contribution in [0.1, 0.15) is 6.92 Å². The number of carbonyl (C=O) groups excluding carboxylic acids is 1. The van der Waals surface area contributed by atoms with Crippen molar-refractivity contribution < 1.29 is 4.79 Å². The highest BCUT2D eigenvalue weighted by atomic mass is 32.1. The highest BCUT2D eigenvalue weighted by Crippen LogP contribution is 1.84. The molecule has 0 aromatic rings. The average molecular weight is 148 g/mol. The van der Waals surface area contributed by atoms with Crippen LogP contribution in [0.15, 0.2) is 0 Å². The van der Waals surface area contributed by atoms with Gasteiger partial charge in [-0.3, -0.25) is 4.79 Å². The Morgan fingerprint density at radius 3 is 2.56 bits per heavy atom. The average Bonchev–Trinajstić information content (AvgIpc) is 1.82. The molecule has 0 aliphatic heterocycles. The second-order valence-corrected chi connectivity index (χ2v) is 2.06. The summed E-state index contributed by atoms with van der Waals surface area (Å²) in [5, 5.41) is 2.88. The molecule has 9 heavy (non-hydrogen) atoms. The molecule has 0 fully saturated rings. The molecule has 0 aliphatic carbocycles. The van der Waals surface area contributed by atoms with Crippen molar-refractivity contribution in [2.75, 3.05) is 12.3 Å². The fourth-order valence-electron chi connectivity index (χ4n) is 0.502. The Hall–Kier alpha value is -0.220. The van der Waals surface area contributed by atoms with Crippen LogP contribution < -0.4 is 11.1 Å². The standard InChI is InChI=1S/C5H12N2OS/c1-2-7-4(3-9)5(6)8/h4,7,9H,2-3H2,1H3,(H2,6,8)/t4-/m0/s1. The smallest absolute Gasteiger partial charge is 0.235 e. The summed E-state index contributed by atoms with van der Waals surface area (Å²) >= 11 is 3.93. The van der Waals surface area contributed by atoms with E-state index in [-0.39, 0.29) is 11.9 Å². The maximum absolute atomic E-state index is 10.4. The molecule has 0 aliphatic rings. The van der Waals surface area contributed by atoms with Gasteiger partial charge >= 0.3 is 0 Å². The Labute approximate surface area is 60.4 Å². The van der Waals surface area contributed by atoms with E-state index in [1.54, 1.807) is 0 Å². The van der Waals surface area contributed by atoms with Gasteiger partial charge in [-0.1, -0.05) is 6.92 Å². The van der Waals surface area contributed by atoms with Crippen LogP contribution in [-0.2, 0) is 4.79 Å². The lowest BCUT2D eigenvalue weighted by atomic mass is 10.3. The zero-order valence-corrected chi connectivity index (χ0v) is 6.32. The van der Waals surface area contributed by atoms with Gasteiger partial charge in [-0.15, -0.1) is 0 Å². The minimum absolute atomic E-state index is 0.279. The summed E-state index contributed by atoms with van der Waals surface area (Å²) in [5.41, 5.74) is 4.98. The zero-order chi connectivity index (χ0) is 7.28. The Morgan fingerprint density at radius 2 is 2.44 bits per heavy atom. The van der Waals surface area contributed by atoms with E-state index in [0.717, 1.165) is 6.54 Å². The zero-order valence-electron chi connectivity index (χ0n) is 5.42. The molecule has 3 nitrogen and oxygen atoms in total. The molecule has 0 spiro atoms. The molecule has 0 heterocycles. The Balaban J connectivity index is 3.54. The van der Waals surface area contributed by atoms with Gasteiger partial charge in [0.05, 0.1) is 6.04 Å². The lowest BCUT2D eigenvalue weighted by Crippen LogP contribution is -2.42. The van der Waals surface area contributed by atoms with Gasteiger partial charge in [-0.25, -0.2) is 0 Å². The molecule has 0 aromatic carbocycles. The van der Waals surface area contributed by atoms with Crippen LogP contribution in [0.5, 0.6) is 0 Å². The quantitative estimate of drug-likeness (QED) is 0.465. The normalized spacial score (nSPS) is 13.1.